The molecule has 2 nitrogen and oxygen atoms in total. The number of nitrogens with zero attached hydrogens (tertiary/aromatic N) is 1. The van der Waals surface area contributed by atoms with Crippen molar-refractivity contribution in [3.05, 3.63) is 59.9 Å². The Morgan fingerprint density at radius 1 is 1.06 bits per heavy atom. The van der Waals surface area contributed by atoms with Crippen LogP contribution in [0.5, 0.6) is 0 Å². The summed E-state index contributed by atoms with van der Waals surface area (Å²) in [6, 6.07) is 11.3. The van der Waals surface area contributed by atoms with Crippen molar-refractivity contribution in [3.63, 3.8) is 0 Å². The number of alkyl halides is 2. The van der Waals surface area contributed by atoms with E-state index in [0.717, 1.165) is 0 Å². The van der Waals surface area contributed by atoms with E-state index < -0.39 is 5.92 Å². The largest absolute Gasteiger partial charge is 0.344 e. The maximum absolute atomic E-state index is 14.0. The number of hydrogen-bond acceptors (Lipinski definition) is 1. The van der Waals surface area contributed by atoms with Crippen molar-refractivity contribution < 1.29 is 8.78 Å². The average molecular weight is 236 g/mol. The van der Waals surface area contributed by atoms with Crippen molar-refractivity contribution in [1.29, 1.82) is 0 Å². The van der Waals surface area contributed by atoms with Crippen LogP contribution < -0.4 is 5.73 Å². The van der Waals surface area contributed by atoms with Gasteiger partial charge in [-0.1, -0.05) is 30.3 Å². The summed E-state index contributed by atoms with van der Waals surface area (Å²) in [5.74, 6) is -2.88. The molecular weight excluding hydrogens is 222 g/mol. The Labute approximate surface area is 98.7 Å². The van der Waals surface area contributed by atoms with Gasteiger partial charge in [-0.25, -0.2) is 0 Å². The molecule has 0 saturated heterocycles. The zero-order valence-corrected chi connectivity index (χ0v) is 9.31. The first-order chi connectivity index (χ1) is 8.13. The minimum Gasteiger partial charge on any atom is -0.344 e. The van der Waals surface area contributed by atoms with Crippen LogP contribution in [0.3, 0.4) is 0 Å². The van der Waals surface area contributed by atoms with E-state index in [1.807, 2.05) is 0 Å². The summed E-state index contributed by atoms with van der Waals surface area (Å²) in [5.41, 5.74) is 6.22. The van der Waals surface area contributed by atoms with Gasteiger partial charge in [-0.2, -0.15) is 8.78 Å². The van der Waals surface area contributed by atoms with Crippen molar-refractivity contribution >= 4 is 0 Å². The minimum absolute atomic E-state index is 0.0247. The Morgan fingerprint density at radius 3 is 2.41 bits per heavy atom. The molecule has 0 bridgehead atoms. The van der Waals surface area contributed by atoms with E-state index in [-0.39, 0.29) is 18.7 Å². The SMILES string of the molecule is NCc1cccn1CC(F)(F)c1ccccc1. The second kappa shape index (κ2) is 4.67. The molecule has 0 aliphatic carbocycles. The molecule has 90 valence electrons. The lowest BCUT2D eigenvalue weighted by molar-refractivity contribution is -0.0227. The highest BCUT2D eigenvalue weighted by molar-refractivity contribution is 5.20. The monoisotopic (exact) mass is 236 g/mol. The molecule has 0 saturated carbocycles. The summed E-state index contributed by atoms with van der Waals surface area (Å²) in [6.07, 6.45) is 1.62. The molecule has 4 heteroatoms. The number of nitrogens with two attached hydrogens (primary N) is 1. The van der Waals surface area contributed by atoms with Crippen LogP contribution in [-0.4, -0.2) is 4.57 Å². The molecule has 0 aliphatic rings. The molecule has 2 rings (SSSR count). The molecule has 0 radical (unpaired) electrons. The summed E-state index contributed by atoms with van der Waals surface area (Å²) in [7, 11) is 0. The molecule has 0 unspecified atom stereocenters. The van der Waals surface area contributed by atoms with Crippen LogP contribution in [0.4, 0.5) is 8.78 Å². The first-order valence-electron chi connectivity index (χ1n) is 5.41. The predicted molar refractivity (Wildman–Crippen MR) is 62.7 cm³/mol. The summed E-state index contributed by atoms with van der Waals surface area (Å²) in [4.78, 5) is 0. The quantitative estimate of drug-likeness (QED) is 0.869. The van der Waals surface area contributed by atoms with Gasteiger partial charge in [0.2, 0.25) is 0 Å². The van der Waals surface area contributed by atoms with Crippen LogP contribution in [0.25, 0.3) is 0 Å². The van der Waals surface area contributed by atoms with Crippen LogP contribution in [0.1, 0.15) is 11.3 Å². The summed E-state index contributed by atoms with van der Waals surface area (Å²) < 4.78 is 29.4. The third kappa shape index (κ3) is 2.53. The second-order valence-electron chi connectivity index (χ2n) is 3.90. The third-order valence-corrected chi connectivity index (χ3v) is 2.70. The van der Waals surface area contributed by atoms with Crippen molar-refractivity contribution in [2.45, 2.75) is 19.0 Å². The number of hydrogen-bond donors (Lipinski definition) is 1. The lowest BCUT2D eigenvalue weighted by Crippen LogP contribution is -2.22. The summed E-state index contributed by atoms with van der Waals surface area (Å²) in [6.45, 7) is -0.117. The topological polar surface area (TPSA) is 30.9 Å². The molecule has 1 aromatic heterocycles. The molecule has 0 spiro atoms. The van der Waals surface area contributed by atoms with Crippen molar-refractivity contribution in [2.24, 2.45) is 5.73 Å². The Balaban J connectivity index is 2.23. The molecular formula is C13H14F2N2. The molecule has 2 aromatic rings. The van der Waals surface area contributed by atoms with Crippen LogP contribution >= 0.6 is 0 Å². The van der Waals surface area contributed by atoms with Gasteiger partial charge >= 0.3 is 0 Å². The lowest BCUT2D eigenvalue weighted by atomic mass is 10.1. The molecule has 17 heavy (non-hydrogen) atoms. The lowest BCUT2D eigenvalue weighted by Gasteiger charge is -2.19. The molecule has 1 heterocycles. The standard InChI is InChI=1S/C13H14F2N2/c14-13(15,11-5-2-1-3-6-11)10-17-8-4-7-12(17)9-16/h1-8H,9-10,16H2. The highest BCUT2D eigenvalue weighted by atomic mass is 19.3. The van der Waals surface area contributed by atoms with Gasteiger partial charge < -0.3 is 10.3 Å². The molecule has 0 atom stereocenters. The molecule has 1 aromatic carbocycles. The fraction of sp³-hybridized carbons (Fsp3) is 0.231. The van der Waals surface area contributed by atoms with Crippen molar-refractivity contribution in [1.82, 2.24) is 4.57 Å². The number of benzene rings is 1. The zero-order chi connectivity index (χ0) is 12.3. The fourth-order valence-corrected chi connectivity index (χ4v) is 1.78. The average Bonchev–Trinajstić information content (AvgIpc) is 2.77. The number of rotatable bonds is 4. The van der Waals surface area contributed by atoms with Gasteiger partial charge in [-0.15, -0.1) is 0 Å². The second-order valence-corrected chi connectivity index (χ2v) is 3.90. The van der Waals surface area contributed by atoms with Crippen LogP contribution in [0.2, 0.25) is 0 Å². The minimum atomic E-state index is -2.88. The van der Waals surface area contributed by atoms with Crippen LogP contribution in [-0.2, 0) is 19.0 Å². The van der Waals surface area contributed by atoms with E-state index in [2.05, 4.69) is 0 Å². The molecule has 2 N–H and O–H groups in total. The fourth-order valence-electron chi connectivity index (χ4n) is 1.78. The van der Waals surface area contributed by atoms with Crippen molar-refractivity contribution in [3.8, 4) is 0 Å². The van der Waals surface area contributed by atoms with E-state index in [4.69, 9.17) is 5.73 Å². The molecule has 0 aliphatic heterocycles. The first kappa shape index (κ1) is 11.8. The number of halogens is 2. The van der Waals surface area contributed by atoms with E-state index in [1.54, 1.807) is 36.5 Å². The van der Waals surface area contributed by atoms with E-state index >= 15 is 0 Å². The summed E-state index contributed by atoms with van der Waals surface area (Å²) >= 11 is 0. The predicted octanol–water partition coefficient (Wildman–Crippen LogP) is 2.74. The van der Waals surface area contributed by atoms with Gasteiger partial charge in [-0.05, 0) is 12.1 Å². The van der Waals surface area contributed by atoms with Gasteiger partial charge in [0.25, 0.3) is 5.92 Å². The van der Waals surface area contributed by atoms with Crippen LogP contribution in [0.15, 0.2) is 48.7 Å². The Bertz CT molecular complexity index is 477. The Kier molecular flexibility index (Phi) is 3.24. The molecule has 0 fully saturated rings. The maximum Gasteiger partial charge on any atom is 0.290 e. The van der Waals surface area contributed by atoms with Gasteiger partial charge in [-0.3, -0.25) is 0 Å². The summed E-state index contributed by atoms with van der Waals surface area (Å²) in [5, 5.41) is 0. The molecule has 0 amide bonds. The maximum atomic E-state index is 14.0. The van der Waals surface area contributed by atoms with E-state index in [9.17, 15) is 8.78 Å². The van der Waals surface area contributed by atoms with Crippen LogP contribution in [0, 0.1) is 0 Å². The van der Waals surface area contributed by atoms with E-state index in [0.29, 0.717) is 5.69 Å². The zero-order valence-electron chi connectivity index (χ0n) is 9.31. The van der Waals surface area contributed by atoms with E-state index in [1.165, 1.54) is 16.7 Å². The number of aromatic nitrogens is 1. The van der Waals surface area contributed by atoms with Gasteiger partial charge in [0.15, 0.2) is 0 Å². The third-order valence-electron chi connectivity index (χ3n) is 2.70. The van der Waals surface area contributed by atoms with Gasteiger partial charge in [0, 0.05) is 24.0 Å². The normalized spacial score (nSPS) is 11.7. The van der Waals surface area contributed by atoms with Gasteiger partial charge in [0.1, 0.15) is 0 Å². The van der Waals surface area contributed by atoms with Crippen molar-refractivity contribution in [2.75, 3.05) is 0 Å². The van der Waals surface area contributed by atoms with Gasteiger partial charge in [0.05, 0.1) is 6.54 Å². The first-order valence-corrected chi connectivity index (χ1v) is 5.41. The highest BCUT2D eigenvalue weighted by Crippen LogP contribution is 2.30. The smallest absolute Gasteiger partial charge is 0.290 e. The Morgan fingerprint density at radius 2 is 1.76 bits per heavy atom. The highest BCUT2D eigenvalue weighted by Gasteiger charge is 2.32. The Hall–Kier alpha value is -1.68.